The number of thioether (sulfide) groups is 1. The largest absolute Gasteiger partial charge is 0.391 e. The lowest BCUT2D eigenvalue weighted by atomic mass is 9.97. The summed E-state index contributed by atoms with van der Waals surface area (Å²) in [6.07, 6.45) is 4.52. The Morgan fingerprint density at radius 2 is 2.04 bits per heavy atom. The maximum Gasteiger partial charge on any atom is 0.128 e. The van der Waals surface area contributed by atoms with Crippen LogP contribution in [0.1, 0.15) is 29.1 Å². The first kappa shape index (κ1) is 17.7. The van der Waals surface area contributed by atoms with E-state index in [1.165, 1.54) is 35.1 Å². The van der Waals surface area contributed by atoms with Crippen LogP contribution in [0.4, 0.5) is 0 Å². The van der Waals surface area contributed by atoms with Gasteiger partial charge in [0.2, 0.25) is 0 Å². The Hall–Kier alpha value is -0.730. The highest BCUT2D eigenvalue weighted by atomic mass is 32.2. The van der Waals surface area contributed by atoms with Gasteiger partial charge in [-0.05, 0) is 38.2 Å². The zero-order valence-corrected chi connectivity index (χ0v) is 16.3. The fraction of sp³-hybridized carbons (Fsp3) is 0.667. The van der Waals surface area contributed by atoms with E-state index in [9.17, 15) is 5.11 Å². The molecule has 0 bridgehead atoms. The molecular weight excluding hydrogens is 354 g/mol. The topological polar surface area (TPSA) is 58.5 Å². The van der Waals surface area contributed by atoms with Gasteiger partial charge in [-0.1, -0.05) is 0 Å². The highest BCUT2D eigenvalue weighted by Crippen LogP contribution is 2.39. The van der Waals surface area contributed by atoms with Crippen molar-refractivity contribution < 1.29 is 9.84 Å². The van der Waals surface area contributed by atoms with Crippen molar-refractivity contribution in [2.24, 2.45) is 0 Å². The molecule has 3 heterocycles. The minimum Gasteiger partial charge on any atom is -0.391 e. The molecule has 4 rings (SSSR count). The summed E-state index contributed by atoms with van der Waals surface area (Å²) in [5, 5.41) is 12.8. The number of nitrogens with zero attached hydrogens (tertiary/aromatic N) is 3. The molecule has 0 aromatic carbocycles. The molecule has 2 aromatic heterocycles. The molecule has 2 aliphatic rings. The average molecular weight is 380 g/mol. The number of hydrogen-bond acceptors (Lipinski definition) is 7. The van der Waals surface area contributed by atoms with Crippen molar-refractivity contribution in [3.63, 3.8) is 0 Å². The minimum absolute atomic E-state index is 0.345. The standard InChI is InChI=1S/C18H25N3O2S2/c1-12-19-17(24-11-13(22)10-21-6-8-23-9-7-21)16-14-4-2-3-5-15(14)25-18(16)20-12/h13,22H,2-11H2,1H3/t13-/m0/s1. The summed E-state index contributed by atoms with van der Waals surface area (Å²) in [5.74, 6) is 1.50. The minimum atomic E-state index is -0.345. The molecule has 136 valence electrons. The number of fused-ring (bicyclic) bond motifs is 3. The third kappa shape index (κ3) is 4.01. The van der Waals surface area contributed by atoms with Crippen molar-refractivity contribution in [1.29, 1.82) is 0 Å². The van der Waals surface area contributed by atoms with Crippen LogP contribution in [0.3, 0.4) is 0 Å². The number of aliphatic hydroxyl groups excluding tert-OH is 1. The molecule has 25 heavy (non-hydrogen) atoms. The molecule has 1 atom stereocenters. The van der Waals surface area contributed by atoms with Gasteiger partial charge in [0.25, 0.3) is 0 Å². The van der Waals surface area contributed by atoms with E-state index in [0.29, 0.717) is 12.3 Å². The first-order chi connectivity index (χ1) is 12.2. The van der Waals surface area contributed by atoms with E-state index in [1.54, 1.807) is 11.8 Å². The molecule has 1 aliphatic heterocycles. The lowest BCUT2D eigenvalue weighted by Crippen LogP contribution is -2.41. The number of rotatable bonds is 5. The van der Waals surface area contributed by atoms with Crippen molar-refractivity contribution in [3.05, 3.63) is 16.3 Å². The summed E-state index contributed by atoms with van der Waals surface area (Å²) in [4.78, 5) is 14.3. The van der Waals surface area contributed by atoms with Crippen molar-refractivity contribution >= 4 is 33.3 Å². The van der Waals surface area contributed by atoms with Gasteiger partial charge >= 0.3 is 0 Å². The van der Waals surface area contributed by atoms with Crippen molar-refractivity contribution in [3.8, 4) is 0 Å². The van der Waals surface area contributed by atoms with Crippen molar-refractivity contribution in [2.45, 2.75) is 43.7 Å². The van der Waals surface area contributed by atoms with E-state index in [4.69, 9.17) is 9.72 Å². The SMILES string of the molecule is Cc1nc(SC[C@@H](O)CN2CCOCC2)c2c3c(sc2n1)CCCC3. The first-order valence-electron chi connectivity index (χ1n) is 9.10. The Labute approximate surface area is 156 Å². The third-order valence-electron chi connectivity index (χ3n) is 4.88. The summed E-state index contributed by atoms with van der Waals surface area (Å²) in [6, 6.07) is 0. The van der Waals surface area contributed by atoms with Gasteiger partial charge in [-0.3, -0.25) is 4.90 Å². The molecule has 1 fully saturated rings. The van der Waals surface area contributed by atoms with Gasteiger partial charge in [0.15, 0.2) is 0 Å². The van der Waals surface area contributed by atoms with Gasteiger partial charge in [-0.2, -0.15) is 0 Å². The molecule has 0 saturated carbocycles. The summed E-state index contributed by atoms with van der Waals surface area (Å²) in [6.45, 7) is 6.05. The second-order valence-electron chi connectivity index (χ2n) is 6.84. The molecular formula is C18H25N3O2S2. The van der Waals surface area contributed by atoms with Crippen LogP contribution in [0.5, 0.6) is 0 Å². The molecule has 2 aromatic rings. The van der Waals surface area contributed by atoms with Crippen LogP contribution in [-0.4, -0.2) is 64.7 Å². The van der Waals surface area contributed by atoms with Gasteiger partial charge in [0.1, 0.15) is 15.7 Å². The van der Waals surface area contributed by atoms with Crippen LogP contribution in [0.15, 0.2) is 5.03 Å². The van der Waals surface area contributed by atoms with E-state index in [0.717, 1.165) is 48.4 Å². The number of aliphatic hydroxyl groups is 1. The number of aromatic nitrogens is 2. The van der Waals surface area contributed by atoms with Crippen molar-refractivity contribution in [2.75, 3.05) is 38.6 Å². The molecule has 5 nitrogen and oxygen atoms in total. The van der Waals surface area contributed by atoms with E-state index in [1.807, 2.05) is 18.3 Å². The predicted molar refractivity (Wildman–Crippen MR) is 103 cm³/mol. The normalized spacial score (nSPS) is 19.9. The summed E-state index contributed by atoms with van der Waals surface area (Å²) in [7, 11) is 0. The number of ether oxygens (including phenoxy) is 1. The van der Waals surface area contributed by atoms with E-state index in [2.05, 4.69) is 9.88 Å². The van der Waals surface area contributed by atoms with E-state index >= 15 is 0 Å². The van der Waals surface area contributed by atoms with Crippen LogP contribution < -0.4 is 0 Å². The van der Waals surface area contributed by atoms with Gasteiger partial charge < -0.3 is 9.84 Å². The van der Waals surface area contributed by atoms with Gasteiger partial charge in [-0.25, -0.2) is 9.97 Å². The maximum atomic E-state index is 10.4. The highest BCUT2D eigenvalue weighted by molar-refractivity contribution is 7.99. The molecule has 1 aliphatic carbocycles. The Morgan fingerprint density at radius 1 is 1.24 bits per heavy atom. The van der Waals surface area contributed by atoms with Gasteiger partial charge in [0.05, 0.1) is 19.3 Å². The van der Waals surface area contributed by atoms with Crippen LogP contribution >= 0.6 is 23.1 Å². The lowest BCUT2D eigenvalue weighted by molar-refractivity contribution is 0.0188. The zero-order valence-electron chi connectivity index (χ0n) is 14.7. The highest BCUT2D eigenvalue weighted by Gasteiger charge is 2.22. The number of hydrogen-bond donors (Lipinski definition) is 1. The Morgan fingerprint density at radius 3 is 2.88 bits per heavy atom. The van der Waals surface area contributed by atoms with E-state index < -0.39 is 0 Å². The van der Waals surface area contributed by atoms with Crippen LogP contribution in [0.2, 0.25) is 0 Å². The average Bonchev–Trinajstić information content (AvgIpc) is 2.98. The second-order valence-corrected chi connectivity index (χ2v) is 8.94. The summed E-state index contributed by atoms with van der Waals surface area (Å²) >= 11 is 3.53. The third-order valence-corrected chi connectivity index (χ3v) is 7.18. The second kappa shape index (κ2) is 7.88. The number of thiophene rings is 1. The first-order valence-corrected chi connectivity index (χ1v) is 10.9. The predicted octanol–water partition coefficient (Wildman–Crippen LogP) is 2.66. The number of aryl methyl sites for hydroxylation is 3. The monoisotopic (exact) mass is 379 g/mol. The van der Waals surface area contributed by atoms with Crippen molar-refractivity contribution in [1.82, 2.24) is 14.9 Å². The maximum absolute atomic E-state index is 10.4. The quantitative estimate of drug-likeness (QED) is 0.637. The fourth-order valence-electron chi connectivity index (χ4n) is 3.64. The molecule has 1 N–H and O–H groups in total. The zero-order chi connectivity index (χ0) is 17.2. The number of morpholine rings is 1. The Balaban J connectivity index is 1.49. The fourth-order valence-corrected chi connectivity index (χ4v) is 6.03. The molecule has 0 radical (unpaired) electrons. The number of β-amino-alcohol motifs (C(OH)–C–C–N with tert-alkyl or cyclic N) is 1. The van der Waals surface area contributed by atoms with Crippen LogP contribution in [-0.2, 0) is 17.6 Å². The lowest BCUT2D eigenvalue weighted by Gasteiger charge is -2.28. The smallest absolute Gasteiger partial charge is 0.128 e. The molecule has 1 saturated heterocycles. The Kier molecular flexibility index (Phi) is 5.57. The van der Waals surface area contributed by atoms with Gasteiger partial charge in [0, 0.05) is 35.7 Å². The molecule has 7 heteroatoms. The molecule has 0 amide bonds. The summed E-state index contributed by atoms with van der Waals surface area (Å²) in [5.41, 5.74) is 1.47. The van der Waals surface area contributed by atoms with Gasteiger partial charge in [-0.15, -0.1) is 23.1 Å². The molecule has 0 spiro atoms. The molecule has 0 unspecified atom stereocenters. The summed E-state index contributed by atoms with van der Waals surface area (Å²) < 4.78 is 5.37. The van der Waals surface area contributed by atoms with Crippen LogP contribution in [0.25, 0.3) is 10.2 Å². The van der Waals surface area contributed by atoms with Crippen LogP contribution in [0, 0.1) is 6.92 Å². The Bertz CT molecular complexity index is 743. The van der Waals surface area contributed by atoms with E-state index in [-0.39, 0.29) is 6.10 Å².